The Balaban J connectivity index is 1.43. The molecule has 0 saturated carbocycles. The summed E-state index contributed by atoms with van der Waals surface area (Å²) in [6.07, 6.45) is 11.0. The minimum Gasteiger partial charge on any atom is -0.496 e. The smallest absolute Gasteiger partial charge is 0.222 e. The number of rotatable bonds is 7. The molecular weight excluding hydrogens is 324 g/mol. The van der Waals surface area contributed by atoms with Crippen molar-refractivity contribution in [3.63, 3.8) is 0 Å². The number of amides is 1. The molecule has 2 aliphatic rings. The Morgan fingerprint density at radius 3 is 2.81 bits per heavy atom. The summed E-state index contributed by atoms with van der Waals surface area (Å²) in [7, 11) is 1.71. The standard InChI is InChI=1S/C22H32N2O2/c1-26-21-11-3-2-9-20(21)10-7-15-23-14-6-8-19(18-23)12-13-22(25)24-16-4-5-17-24/h2-3,7,9-11,19H,4-6,8,12-18H2,1H3/b10-7+/t19-/m1/s1. The number of nitrogens with zero attached hydrogens (tertiary/aromatic N) is 2. The van der Waals surface area contributed by atoms with Crippen molar-refractivity contribution in [3.8, 4) is 5.75 Å². The minimum absolute atomic E-state index is 0.371. The SMILES string of the molecule is COc1ccccc1/C=C/CN1CCC[C@H](CCC(=O)N2CCCC2)C1. The van der Waals surface area contributed by atoms with Gasteiger partial charge in [-0.25, -0.2) is 0 Å². The van der Waals surface area contributed by atoms with E-state index in [9.17, 15) is 4.79 Å². The number of carbonyl (C=O) groups excluding carboxylic acids is 1. The molecule has 2 heterocycles. The van der Waals surface area contributed by atoms with E-state index in [1.165, 1.54) is 25.7 Å². The summed E-state index contributed by atoms with van der Waals surface area (Å²) in [4.78, 5) is 16.8. The van der Waals surface area contributed by atoms with E-state index in [0.29, 0.717) is 11.8 Å². The number of carbonyl (C=O) groups is 1. The van der Waals surface area contributed by atoms with Crippen LogP contribution in [0, 0.1) is 5.92 Å². The third-order valence-corrected chi connectivity index (χ3v) is 5.63. The number of para-hydroxylation sites is 1. The predicted octanol–water partition coefficient (Wildman–Crippen LogP) is 3.82. The molecule has 1 atom stereocenters. The van der Waals surface area contributed by atoms with Gasteiger partial charge in [0.05, 0.1) is 7.11 Å². The Labute approximate surface area is 157 Å². The normalized spacial score (nSPS) is 21.4. The van der Waals surface area contributed by atoms with E-state index < -0.39 is 0 Å². The number of ether oxygens (including phenoxy) is 1. The molecule has 26 heavy (non-hydrogen) atoms. The lowest BCUT2D eigenvalue weighted by atomic mass is 9.93. The van der Waals surface area contributed by atoms with Gasteiger partial charge >= 0.3 is 0 Å². The van der Waals surface area contributed by atoms with Gasteiger partial charge in [0, 0.05) is 38.2 Å². The fourth-order valence-electron chi connectivity index (χ4n) is 4.14. The molecule has 0 aliphatic carbocycles. The highest BCUT2D eigenvalue weighted by Gasteiger charge is 2.22. The first kappa shape index (κ1) is 19.0. The van der Waals surface area contributed by atoms with Crippen LogP contribution in [0.2, 0.25) is 0 Å². The molecule has 1 amide bonds. The lowest BCUT2D eigenvalue weighted by Gasteiger charge is -2.32. The Kier molecular flexibility index (Phi) is 7.13. The van der Waals surface area contributed by atoms with Crippen LogP contribution in [0.3, 0.4) is 0 Å². The molecule has 4 heteroatoms. The number of benzene rings is 1. The molecule has 4 nitrogen and oxygen atoms in total. The summed E-state index contributed by atoms with van der Waals surface area (Å²) in [5, 5.41) is 0. The van der Waals surface area contributed by atoms with E-state index in [0.717, 1.165) is 56.9 Å². The van der Waals surface area contributed by atoms with Crippen molar-refractivity contribution < 1.29 is 9.53 Å². The largest absolute Gasteiger partial charge is 0.496 e. The van der Waals surface area contributed by atoms with Gasteiger partial charge in [-0.15, -0.1) is 0 Å². The molecule has 0 N–H and O–H groups in total. The highest BCUT2D eigenvalue weighted by Crippen LogP contribution is 2.23. The van der Waals surface area contributed by atoms with Crippen LogP contribution < -0.4 is 4.74 Å². The number of methoxy groups -OCH3 is 1. The highest BCUT2D eigenvalue weighted by atomic mass is 16.5. The average molecular weight is 357 g/mol. The van der Waals surface area contributed by atoms with Crippen molar-refractivity contribution >= 4 is 12.0 Å². The monoisotopic (exact) mass is 356 g/mol. The zero-order valence-corrected chi connectivity index (χ0v) is 16.0. The molecule has 3 rings (SSSR count). The third-order valence-electron chi connectivity index (χ3n) is 5.63. The molecule has 0 radical (unpaired) electrons. The van der Waals surface area contributed by atoms with Crippen LogP contribution >= 0.6 is 0 Å². The second-order valence-electron chi connectivity index (χ2n) is 7.54. The minimum atomic E-state index is 0.371. The Morgan fingerprint density at radius 1 is 1.19 bits per heavy atom. The fraction of sp³-hybridized carbons (Fsp3) is 0.591. The van der Waals surface area contributed by atoms with Crippen LogP contribution in [0.25, 0.3) is 6.08 Å². The lowest BCUT2D eigenvalue weighted by Crippen LogP contribution is -2.36. The van der Waals surface area contributed by atoms with Crippen LogP contribution in [0.15, 0.2) is 30.3 Å². The Morgan fingerprint density at radius 2 is 2.00 bits per heavy atom. The van der Waals surface area contributed by atoms with E-state index >= 15 is 0 Å². The molecule has 0 unspecified atom stereocenters. The van der Waals surface area contributed by atoms with E-state index in [4.69, 9.17) is 4.74 Å². The summed E-state index contributed by atoms with van der Waals surface area (Å²) in [5.74, 6) is 1.95. The molecule has 1 aromatic carbocycles. The van der Waals surface area contributed by atoms with Gasteiger partial charge in [0.1, 0.15) is 5.75 Å². The van der Waals surface area contributed by atoms with Gasteiger partial charge in [-0.2, -0.15) is 0 Å². The summed E-state index contributed by atoms with van der Waals surface area (Å²) in [6.45, 7) is 5.19. The molecule has 0 aromatic heterocycles. The van der Waals surface area contributed by atoms with Gasteiger partial charge in [0.15, 0.2) is 0 Å². The molecular formula is C22H32N2O2. The van der Waals surface area contributed by atoms with Crippen LogP contribution in [0.1, 0.15) is 44.1 Å². The van der Waals surface area contributed by atoms with Crippen molar-refractivity contribution in [3.05, 3.63) is 35.9 Å². The predicted molar refractivity (Wildman–Crippen MR) is 106 cm³/mol. The molecule has 0 spiro atoms. The topological polar surface area (TPSA) is 32.8 Å². The quantitative estimate of drug-likeness (QED) is 0.744. The van der Waals surface area contributed by atoms with Gasteiger partial charge in [-0.05, 0) is 50.6 Å². The fourth-order valence-corrected chi connectivity index (χ4v) is 4.14. The average Bonchev–Trinajstić information content (AvgIpc) is 3.22. The van der Waals surface area contributed by atoms with Gasteiger partial charge < -0.3 is 9.64 Å². The van der Waals surface area contributed by atoms with Crippen molar-refractivity contribution in [1.29, 1.82) is 0 Å². The second-order valence-corrected chi connectivity index (χ2v) is 7.54. The lowest BCUT2D eigenvalue weighted by molar-refractivity contribution is -0.130. The molecule has 2 aliphatic heterocycles. The van der Waals surface area contributed by atoms with Crippen LogP contribution in [0.4, 0.5) is 0 Å². The van der Waals surface area contributed by atoms with Crippen molar-refractivity contribution in [2.75, 3.05) is 39.8 Å². The number of hydrogen-bond acceptors (Lipinski definition) is 3. The van der Waals surface area contributed by atoms with Gasteiger partial charge in [0.2, 0.25) is 5.91 Å². The molecule has 1 aromatic rings. The Hall–Kier alpha value is -1.81. The maximum Gasteiger partial charge on any atom is 0.222 e. The first-order valence-corrected chi connectivity index (χ1v) is 10.1. The molecule has 142 valence electrons. The molecule has 2 saturated heterocycles. The number of hydrogen-bond donors (Lipinski definition) is 0. The van der Waals surface area contributed by atoms with Gasteiger partial charge in [-0.3, -0.25) is 9.69 Å². The van der Waals surface area contributed by atoms with Crippen molar-refractivity contribution in [2.24, 2.45) is 5.92 Å². The molecule has 0 bridgehead atoms. The summed E-state index contributed by atoms with van der Waals surface area (Å²) in [5.41, 5.74) is 1.12. The van der Waals surface area contributed by atoms with Crippen LogP contribution in [-0.2, 0) is 4.79 Å². The van der Waals surface area contributed by atoms with Crippen LogP contribution in [-0.4, -0.2) is 55.5 Å². The molecule has 2 fully saturated rings. The maximum atomic E-state index is 12.2. The van der Waals surface area contributed by atoms with Gasteiger partial charge in [0.25, 0.3) is 0 Å². The maximum absolute atomic E-state index is 12.2. The zero-order chi connectivity index (χ0) is 18.2. The van der Waals surface area contributed by atoms with Crippen molar-refractivity contribution in [1.82, 2.24) is 9.80 Å². The Bertz CT molecular complexity index is 608. The third kappa shape index (κ3) is 5.34. The number of likely N-dealkylation sites (tertiary alicyclic amines) is 2. The van der Waals surface area contributed by atoms with E-state index in [1.54, 1.807) is 7.11 Å². The summed E-state index contributed by atoms with van der Waals surface area (Å²) in [6, 6.07) is 8.11. The summed E-state index contributed by atoms with van der Waals surface area (Å²) >= 11 is 0. The van der Waals surface area contributed by atoms with Gasteiger partial charge in [-0.1, -0.05) is 30.4 Å². The van der Waals surface area contributed by atoms with E-state index in [1.807, 2.05) is 18.2 Å². The first-order chi connectivity index (χ1) is 12.8. The van der Waals surface area contributed by atoms with E-state index in [-0.39, 0.29) is 0 Å². The highest BCUT2D eigenvalue weighted by molar-refractivity contribution is 5.76. The van der Waals surface area contributed by atoms with E-state index in [2.05, 4.69) is 28.0 Å². The second kappa shape index (κ2) is 9.77. The zero-order valence-electron chi connectivity index (χ0n) is 16.0. The van der Waals surface area contributed by atoms with Crippen LogP contribution in [0.5, 0.6) is 5.75 Å². The number of piperidine rings is 1. The first-order valence-electron chi connectivity index (χ1n) is 10.1. The summed E-state index contributed by atoms with van der Waals surface area (Å²) < 4.78 is 5.40. The van der Waals surface area contributed by atoms with Crippen molar-refractivity contribution in [2.45, 2.75) is 38.5 Å².